The number of sulfonamides is 1. The van der Waals surface area contributed by atoms with Gasteiger partial charge in [-0.25, -0.2) is 18.1 Å². The van der Waals surface area contributed by atoms with E-state index < -0.39 is 10.0 Å². The topological polar surface area (TPSA) is 133 Å². The second kappa shape index (κ2) is 13.1. The Morgan fingerprint density at radius 3 is 2.67 bits per heavy atom. The molecule has 6 rings (SSSR count). The lowest BCUT2D eigenvalue weighted by Gasteiger charge is -2.25. The summed E-state index contributed by atoms with van der Waals surface area (Å²) in [5, 5.41) is 16.5. The Hall–Kier alpha value is -4.55. The third-order valence-corrected chi connectivity index (χ3v) is 10.6. The Bertz CT molecular complexity index is 2000. The molecule has 4 heterocycles. The summed E-state index contributed by atoms with van der Waals surface area (Å²) in [6.07, 6.45) is 5.50. The van der Waals surface area contributed by atoms with Gasteiger partial charge in [0.05, 0.1) is 18.3 Å². The van der Waals surface area contributed by atoms with Gasteiger partial charge >= 0.3 is 0 Å². The Morgan fingerprint density at radius 2 is 1.91 bits per heavy atom. The van der Waals surface area contributed by atoms with Crippen molar-refractivity contribution in [1.82, 2.24) is 34.5 Å². The summed E-state index contributed by atoms with van der Waals surface area (Å²) in [6, 6.07) is 15.1. The molecule has 0 saturated carbocycles. The molecule has 0 N–H and O–H groups in total. The van der Waals surface area contributed by atoms with Crippen molar-refractivity contribution in [2.75, 3.05) is 6.54 Å². The number of Topliss-reactive ketones (excluding diaryl/α,β-unsaturated/α-hetero) is 1. The molecule has 0 fully saturated rings. The predicted molar refractivity (Wildman–Crippen MR) is 173 cm³/mol. The highest BCUT2D eigenvalue weighted by Crippen LogP contribution is 2.36. The van der Waals surface area contributed by atoms with E-state index in [4.69, 9.17) is 4.74 Å². The van der Waals surface area contributed by atoms with Gasteiger partial charge in [0.1, 0.15) is 22.3 Å². The summed E-state index contributed by atoms with van der Waals surface area (Å²) in [5.41, 5.74) is 7.22. The van der Waals surface area contributed by atoms with Crippen molar-refractivity contribution in [1.29, 1.82) is 0 Å². The molecular weight excluding hydrogens is 602 g/mol. The van der Waals surface area contributed by atoms with Gasteiger partial charge in [-0.3, -0.25) is 4.79 Å². The van der Waals surface area contributed by atoms with E-state index in [1.165, 1.54) is 4.31 Å². The molecule has 1 aliphatic heterocycles. The van der Waals surface area contributed by atoms with Crippen molar-refractivity contribution in [2.45, 2.75) is 77.0 Å². The first kappa shape index (κ1) is 31.4. The monoisotopic (exact) mass is 639 g/mol. The first-order valence-electron chi connectivity index (χ1n) is 15.5. The number of carbonyl (C=O) groups excluding carboxylic acids is 1. The normalized spacial score (nSPS) is 16.8. The second-order valence-corrected chi connectivity index (χ2v) is 13.6. The van der Waals surface area contributed by atoms with Gasteiger partial charge in [-0.1, -0.05) is 36.4 Å². The number of aryl methyl sites for hydroxylation is 3. The molecule has 0 bridgehead atoms. The van der Waals surface area contributed by atoms with E-state index in [0.29, 0.717) is 13.0 Å². The number of nitrogens with zero attached hydrogens (tertiary/aromatic N) is 7. The highest BCUT2D eigenvalue weighted by atomic mass is 32.2. The van der Waals surface area contributed by atoms with Crippen molar-refractivity contribution in [3.63, 3.8) is 0 Å². The van der Waals surface area contributed by atoms with E-state index in [9.17, 15) is 13.2 Å². The summed E-state index contributed by atoms with van der Waals surface area (Å²) in [6.45, 7) is 9.04. The number of aromatic nitrogens is 6. The Kier molecular flexibility index (Phi) is 8.92. The van der Waals surface area contributed by atoms with Crippen LogP contribution in [-0.2, 0) is 34.3 Å². The van der Waals surface area contributed by atoms with Crippen molar-refractivity contribution in [2.24, 2.45) is 0 Å². The Morgan fingerprint density at radius 1 is 1.07 bits per heavy atom. The van der Waals surface area contributed by atoms with Crippen LogP contribution < -0.4 is 4.74 Å². The molecule has 3 aromatic heterocycles. The lowest BCUT2D eigenvalue weighted by Crippen LogP contribution is -2.36. The van der Waals surface area contributed by atoms with Crippen LogP contribution in [0.3, 0.4) is 0 Å². The number of ether oxygens (including phenoxy) is 1. The molecular formula is C34H37N7O4S. The van der Waals surface area contributed by atoms with Gasteiger partial charge in [0.25, 0.3) is 0 Å². The summed E-state index contributed by atoms with van der Waals surface area (Å²) >= 11 is 0. The van der Waals surface area contributed by atoms with Crippen LogP contribution in [0.25, 0.3) is 11.0 Å². The number of pyridine rings is 1. The molecule has 46 heavy (non-hydrogen) atoms. The number of hydrogen-bond acceptors (Lipinski definition) is 9. The van der Waals surface area contributed by atoms with Gasteiger partial charge < -0.3 is 4.74 Å². The minimum absolute atomic E-state index is 0.0546. The molecule has 5 aromatic rings. The fourth-order valence-electron chi connectivity index (χ4n) is 6.10. The first-order valence-corrected chi connectivity index (χ1v) is 16.9. The van der Waals surface area contributed by atoms with E-state index in [0.717, 1.165) is 44.4 Å². The fourth-order valence-corrected chi connectivity index (χ4v) is 7.62. The number of benzene rings is 2. The zero-order valence-corrected chi connectivity index (χ0v) is 27.2. The van der Waals surface area contributed by atoms with Gasteiger partial charge in [-0.05, 0) is 84.8 Å². The van der Waals surface area contributed by atoms with E-state index >= 15 is 0 Å². The van der Waals surface area contributed by atoms with E-state index in [2.05, 4.69) is 31.6 Å². The maximum Gasteiger partial charge on any atom is 0.248 e. The van der Waals surface area contributed by atoms with Crippen molar-refractivity contribution < 1.29 is 17.9 Å². The smallest absolute Gasteiger partial charge is 0.248 e. The minimum atomic E-state index is -3.88. The van der Waals surface area contributed by atoms with Crippen LogP contribution in [0.2, 0.25) is 0 Å². The second-order valence-electron chi connectivity index (χ2n) is 11.7. The van der Waals surface area contributed by atoms with Crippen LogP contribution in [0.15, 0.2) is 72.0 Å². The number of rotatable bonds is 10. The molecule has 0 radical (unpaired) electrons. The van der Waals surface area contributed by atoms with Gasteiger partial charge in [0, 0.05) is 44.2 Å². The summed E-state index contributed by atoms with van der Waals surface area (Å²) in [7, 11) is -3.88. The highest BCUT2D eigenvalue weighted by Gasteiger charge is 2.35. The summed E-state index contributed by atoms with van der Waals surface area (Å²) < 4.78 is 37.1. The minimum Gasteiger partial charge on any atom is -0.472 e. The summed E-state index contributed by atoms with van der Waals surface area (Å²) in [4.78, 5) is 17.9. The van der Waals surface area contributed by atoms with Crippen LogP contribution in [0.4, 0.5) is 0 Å². The molecule has 2 aromatic carbocycles. The van der Waals surface area contributed by atoms with Gasteiger partial charge in [-0.15, -0.1) is 5.10 Å². The lowest BCUT2D eigenvalue weighted by molar-refractivity contribution is -0.118. The molecule has 1 aliphatic rings. The SMILES string of the molecule is CC[C@@H]1CN(Cc2cc([C@H](CC(=O)Cc3ccnnc3)c3ccc4c(nnn4CC)c3C)ccc2C)S(=O)(=O)c2cccnc2O1. The summed E-state index contributed by atoms with van der Waals surface area (Å²) in [5.74, 6) is -0.106. The maximum atomic E-state index is 13.9. The third kappa shape index (κ3) is 6.14. The molecule has 0 aliphatic carbocycles. The van der Waals surface area contributed by atoms with Gasteiger partial charge in [0.2, 0.25) is 15.9 Å². The standard InChI is InChI=1S/C34H37N7O4S/c1-5-28-21-40(46(43,44)32-8-7-14-35-34(32)45-28)20-26-17-25(10-9-22(26)3)30(18-27(42)16-24-13-15-36-37-19-24)29-11-12-31-33(23(29)4)38-39-41(31)6-2/h7-15,17,19,28,30H,5-6,16,18,20-21H2,1-4H3/t28-,30+/m1/s1. The third-order valence-electron chi connectivity index (χ3n) is 8.75. The van der Waals surface area contributed by atoms with Crippen molar-refractivity contribution >= 4 is 26.8 Å². The quantitative estimate of drug-likeness (QED) is 0.208. The average Bonchev–Trinajstić information content (AvgIpc) is 3.45. The molecule has 0 saturated heterocycles. The van der Waals surface area contributed by atoms with E-state index in [1.54, 1.807) is 36.8 Å². The first-order chi connectivity index (χ1) is 22.2. The van der Waals surface area contributed by atoms with Gasteiger partial charge in [-0.2, -0.15) is 14.5 Å². The fraction of sp³-hybridized carbons (Fsp3) is 0.353. The number of fused-ring (bicyclic) bond motifs is 2. The van der Waals surface area contributed by atoms with E-state index in [-0.39, 0.29) is 54.5 Å². The van der Waals surface area contributed by atoms with Crippen LogP contribution in [-0.4, -0.2) is 61.3 Å². The van der Waals surface area contributed by atoms with Crippen LogP contribution in [0, 0.1) is 13.8 Å². The maximum absolute atomic E-state index is 13.9. The predicted octanol–water partition coefficient (Wildman–Crippen LogP) is 4.95. The molecule has 0 unspecified atom stereocenters. The molecule has 0 spiro atoms. The zero-order chi connectivity index (χ0) is 32.4. The average molecular weight is 640 g/mol. The van der Waals surface area contributed by atoms with E-state index in [1.807, 2.05) is 56.6 Å². The number of hydrogen-bond donors (Lipinski definition) is 0. The van der Waals surface area contributed by atoms with Crippen LogP contribution >= 0.6 is 0 Å². The van der Waals surface area contributed by atoms with Crippen molar-refractivity contribution in [3.8, 4) is 5.88 Å². The molecule has 238 valence electrons. The molecule has 12 heteroatoms. The highest BCUT2D eigenvalue weighted by molar-refractivity contribution is 7.89. The largest absolute Gasteiger partial charge is 0.472 e. The lowest BCUT2D eigenvalue weighted by atomic mass is 9.82. The van der Waals surface area contributed by atoms with Crippen molar-refractivity contribution in [3.05, 3.63) is 101 Å². The molecule has 0 amide bonds. The Balaban J connectivity index is 1.40. The molecule has 2 atom stereocenters. The number of carbonyl (C=O) groups is 1. The Labute approximate surface area is 268 Å². The zero-order valence-electron chi connectivity index (χ0n) is 26.4. The molecule has 11 nitrogen and oxygen atoms in total. The number of ketones is 1. The van der Waals surface area contributed by atoms with Gasteiger partial charge in [0.15, 0.2) is 0 Å². The van der Waals surface area contributed by atoms with Crippen LogP contribution in [0.1, 0.15) is 66.0 Å². The van der Waals surface area contributed by atoms with Crippen LogP contribution in [0.5, 0.6) is 5.88 Å².